The number of aryl methyl sites for hydroxylation is 4. The van der Waals surface area contributed by atoms with Crippen LogP contribution in [-0.4, -0.2) is 68.7 Å². The second-order valence-corrected chi connectivity index (χ2v) is 16.9. The third kappa shape index (κ3) is 19.0. The molecule has 4 nitrogen and oxygen atoms in total. The molecule has 1 aliphatic heterocycles. The molecule has 1 fully saturated rings. The Balaban J connectivity index is 0.000000831. The summed E-state index contributed by atoms with van der Waals surface area (Å²) in [6.07, 6.45) is 3.88. The lowest BCUT2D eigenvalue weighted by molar-refractivity contribution is -0.944. The monoisotopic (exact) mass is 836 g/mol. The number of ether oxygens (including phenoxy) is 2. The molecule has 326 valence electrons. The van der Waals surface area contributed by atoms with E-state index in [1.54, 1.807) is 0 Å². The molecule has 1 saturated heterocycles. The standard InChI is InChI=1S/C45H62N2O2.2BF4/c1-9-27-45(28-10-2)48-43(33-46(7,29-39-19-11-35(3)12-20-39)30-40-21-13-36(4)14-22-40)44(49-45)34-47(8,31-41-23-15-37(5)16-24-41)32-42-25-17-38(6)18-26-42;2*2-1(3,4)5/h11-26,43-44H,9-10,27-34H2,1-8H3;;/q+2;2*-1/t43-,44-;;/m0../s1. The highest BCUT2D eigenvalue weighted by atomic mass is 19.5. The van der Waals surface area contributed by atoms with Crippen LogP contribution in [0, 0.1) is 27.7 Å². The van der Waals surface area contributed by atoms with Crippen molar-refractivity contribution in [2.45, 2.75) is 111 Å². The van der Waals surface area contributed by atoms with Gasteiger partial charge in [0.25, 0.3) is 0 Å². The van der Waals surface area contributed by atoms with Crippen molar-refractivity contribution in [3.63, 3.8) is 0 Å². The van der Waals surface area contributed by atoms with E-state index < -0.39 is 20.3 Å². The lowest BCUT2D eigenvalue weighted by Gasteiger charge is -2.40. The first-order valence-corrected chi connectivity index (χ1v) is 20.4. The fraction of sp³-hybridized carbons (Fsp3) is 0.467. The Hall–Kier alpha value is -3.71. The number of rotatable bonds is 16. The van der Waals surface area contributed by atoms with Crippen molar-refractivity contribution in [2.75, 3.05) is 27.2 Å². The van der Waals surface area contributed by atoms with Crippen LogP contribution in [0.25, 0.3) is 0 Å². The summed E-state index contributed by atoms with van der Waals surface area (Å²) in [4.78, 5) is 0. The number of hydrogen-bond acceptors (Lipinski definition) is 2. The maximum Gasteiger partial charge on any atom is 0.673 e. The molecular weight excluding hydrogens is 774 g/mol. The smallest absolute Gasteiger partial charge is 0.418 e. The van der Waals surface area contributed by atoms with E-state index >= 15 is 0 Å². The van der Waals surface area contributed by atoms with E-state index in [0.717, 1.165) is 73.9 Å². The van der Waals surface area contributed by atoms with Gasteiger partial charge < -0.3 is 53.0 Å². The van der Waals surface area contributed by atoms with Gasteiger partial charge in [0.1, 0.15) is 51.5 Å². The van der Waals surface area contributed by atoms with E-state index in [0.29, 0.717) is 0 Å². The van der Waals surface area contributed by atoms with Gasteiger partial charge in [0.15, 0.2) is 5.79 Å². The van der Waals surface area contributed by atoms with Crippen LogP contribution in [0.2, 0.25) is 0 Å². The molecule has 0 spiro atoms. The zero-order valence-electron chi connectivity index (χ0n) is 35.9. The molecule has 0 unspecified atom stereocenters. The van der Waals surface area contributed by atoms with Crippen LogP contribution in [0.5, 0.6) is 0 Å². The molecule has 1 heterocycles. The maximum atomic E-state index is 9.75. The largest absolute Gasteiger partial charge is 0.673 e. The van der Waals surface area contributed by atoms with Gasteiger partial charge in [-0.1, -0.05) is 146 Å². The molecule has 0 radical (unpaired) electrons. The van der Waals surface area contributed by atoms with Crippen LogP contribution >= 0.6 is 0 Å². The van der Waals surface area contributed by atoms with Gasteiger partial charge in [-0.05, 0) is 27.7 Å². The minimum Gasteiger partial charge on any atom is -0.418 e. The second kappa shape index (κ2) is 21.7. The van der Waals surface area contributed by atoms with Crippen molar-refractivity contribution in [3.8, 4) is 0 Å². The highest BCUT2D eigenvalue weighted by molar-refractivity contribution is 6.50. The molecule has 5 rings (SSSR count). The highest BCUT2D eigenvalue weighted by Gasteiger charge is 2.51. The molecule has 14 heteroatoms. The molecule has 2 atom stereocenters. The van der Waals surface area contributed by atoms with Crippen LogP contribution in [0.3, 0.4) is 0 Å². The lowest BCUT2D eigenvalue weighted by Crippen LogP contribution is -2.54. The predicted molar refractivity (Wildman–Crippen MR) is 224 cm³/mol. The van der Waals surface area contributed by atoms with Gasteiger partial charge in [0.05, 0.1) is 14.1 Å². The molecule has 1 aliphatic rings. The Morgan fingerprint density at radius 2 is 0.644 bits per heavy atom. The van der Waals surface area contributed by atoms with E-state index in [-0.39, 0.29) is 12.2 Å². The summed E-state index contributed by atoms with van der Waals surface area (Å²) < 4.78 is 94.3. The number of halogens is 8. The number of nitrogens with zero attached hydrogens (tertiary/aromatic N) is 2. The number of quaternary nitrogens is 2. The van der Waals surface area contributed by atoms with Crippen molar-refractivity contribution in [1.82, 2.24) is 0 Å². The minimum atomic E-state index is -6.00. The molecular formula is C45H62B2F8N2O2. The van der Waals surface area contributed by atoms with Gasteiger partial charge in [-0.2, -0.15) is 0 Å². The second-order valence-electron chi connectivity index (χ2n) is 16.9. The number of hydrogen-bond donors (Lipinski definition) is 0. The first-order valence-electron chi connectivity index (χ1n) is 20.4. The van der Waals surface area contributed by atoms with E-state index in [4.69, 9.17) is 9.47 Å². The molecule has 4 aromatic rings. The quantitative estimate of drug-likeness (QED) is 0.0636. The third-order valence-corrected chi connectivity index (χ3v) is 10.4. The van der Waals surface area contributed by atoms with E-state index in [9.17, 15) is 34.5 Å². The molecule has 0 aliphatic carbocycles. The summed E-state index contributed by atoms with van der Waals surface area (Å²) in [6.45, 7) is 18.7. The number of likely N-dealkylation sites (N-methyl/N-ethyl adjacent to an activating group) is 2. The van der Waals surface area contributed by atoms with Gasteiger partial charge in [-0.15, -0.1) is 0 Å². The fourth-order valence-electron chi connectivity index (χ4n) is 7.94. The SMILES string of the molecule is CCCC1(CCC)O[C@@H](C[N+](C)(Cc2ccc(C)cc2)Cc2ccc(C)cc2)[C@H](C[N+](C)(Cc2ccc(C)cc2)Cc2ccc(C)cc2)O1.F[B-](F)(F)F.F[B-](F)(F)F. The zero-order chi connectivity index (χ0) is 44.1. The van der Waals surface area contributed by atoms with Crippen LogP contribution in [-0.2, 0) is 35.7 Å². The Morgan fingerprint density at radius 1 is 0.441 bits per heavy atom. The zero-order valence-corrected chi connectivity index (χ0v) is 35.9. The van der Waals surface area contributed by atoms with E-state index in [1.807, 2.05) is 0 Å². The van der Waals surface area contributed by atoms with Gasteiger partial charge >= 0.3 is 14.5 Å². The van der Waals surface area contributed by atoms with Crippen LogP contribution in [0.1, 0.15) is 84.0 Å². The summed E-state index contributed by atoms with van der Waals surface area (Å²) in [6, 6.07) is 36.4. The predicted octanol–water partition coefficient (Wildman–Crippen LogP) is 12.6. The fourth-order valence-corrected chi connectivity index (χ4v) is 7.94. The summed E-state index contributed by atoms with van der Waals surface area (Å²) in [5.74, 6) is -0.532. The lowest BCUT2D eigenvalue weighted by atomic mass is 10.0. The highest BCUT2D eigenvalue weighted by Crippen LogP contribution is 2.39. The van der Waals surface area contributed by atoms with Gasteiger partial charge in [-0.25, -0.2) is 0 Å². The molecule has 0 N–H and O–H groups in total. The Kier molecular flexibility index (Phi) is 18.3. The summed E-state index contributed by atoms with van der Waals surface area (Å²) in [7, 11) is -7.15. The normalized spacial score (nSPS) is 16.8. The Morgan fingerprint density at radius 3 is 0.831 bits per heavy atom. The molecule has 0 bridgehead atoms. The molecule has 0 aromatic heterocycles. The molecule has 4 aromatic carbocycles. The minimum absolute atomic E-state index is 0.0208. The first kappa shape index (κ1) is 49.7. The van der Waals surface area contributed by atoms with Crippen molar-refractivity contribution in [2.24, 2.45) is 0 Å². The van der Waals surface area contributed by atoms with Crippen molar-refractivity contribution in [1.29, 1.82) is 0 Å². The number of benzene rings is 4. The van der Waals surface area contributed by atoms with Crippen LogP contribution in [0.4, 0.5) is 34.5 Å². The molecule has 0 saturated carbocycles. The van der Waals surface area contributed by atoms with Crippen molar-refractivity contribution in [3.05, 3.63) is 142 Å². The topological polar surface area (TPSA) is 18.5 Å². The van der Waals surface area contributed by atoms with E-state index in [2.05, 4.69) is 153 Å². The van der Waals surface area contributed by atoms with Gasteiger partial charge in [0, 0.05) is 35.1 Å². The molecule has 59 heavy (non-hydrogen) atoms. The van der Waals surface area contributed by atoms with Gasteiger partial charge in [0.2, 0.25) is 0 Å². The average molecular weight is 837 g/mol. The van der Waals surface area contributed by atoms with Crippen LogP contribution in [0.15, 0.2) is 97.1 Å². The van der Waals surface area contributed by atoms with Gasteiger partial charge in [-0.3, -0.25) is 0 Å². The summed E-state index contributed by atoms with van der Waals surface area (Å²) in [5, 5.41) is 0. The third-order valence-electron chi connectivity index (χ3n) is 10.4. The molecule has 0 amide bonds. The van der Waals surface area contributed by atoms with Crippen molar-refractivity contribution >= 4 is 14.5 Å². The van der Waals surface area contributed by atoms with Crippen molar-refractivity contribution < 1.29 is 53.0 Å². The Bertz CT molecular complexity index is 1580. The van der Waals surface area contributed by atoms with Crippen LogP contribution < -0.4 is 0 Å². The van der Waals surface area contributed by atoms with E-state index in [1.165, 1.54) is 44.5 Å². The Labute approximate surface area is 346 Å². The average Bonchev–Trinajstić information content (AvgIpc) is 3.42. The summed E-state index contributed by atoms with van der Waals surface area (Å²) >= 11 is 0. The maximum absolute atomic E-state index is 9.75. The summed E-state index contributed by atoms with van der Waals surface area (Å²) in [5.41, 5.74) is 10.7. The first-order chi connectivity index (χ1) is 27.4.